The predicted molar refractivity (Wildman–Crippen MR) is 65.7 cm³/mol. The van der Waals surface area contributed by atoms with E-state index in [1.54, 1.807) is 0 Å². The van der Waals surface area contributed by atoms with E-state index >= 15 is 0 Å². The second kappa shape index (κ2) is 3.22. The summed E-state index contributed by atoms with van der Waals surface area (Å²) in [5.41, 5.74) is 0.505. The summed E-state index contributed by atoms with van der Waals surface area (Å²) >= 11 is 6.17. The summed E-state index contributed by atoms with van der Waals surface area (Å²) in [5.74, 6) is 1.35. The molecule has 0 atom stereocenters. The minimum absolute atomic E-state index is 0.253. The van der Waals surface area contributed by atoms with Gasteiger partial charge in [0.2, 0.25) is 5.28 Å². The van der Waals surface area contributed by atoms with Crippen molar-refractivity contribution in [3.8, 4) is 0 Å². The van der Waals surface area contributed by atoms with E-state index in [2.05, 4.69) is 56.3 Å². The molecule has 3 nitrogen and oxygen atoms in total. The maximum absolute atomic E-state index is 6.17. The highest BCUT2D eigenvalue weighted by Crippen LogP contribution is 2.72. The lowest BCUT2D eigenvalue weighted by molar-refractivity contribution is 0.457. The summed E-state index contributed by atoms with van der Waals surface area (Å²) in [7, 11) is 0. The smallest absolute Gasteiger partial charge is 0.225 e. The van der Waals surface area contributed by atoms with Crippen molar-refractivity contribution in [3.63, 3.8) is 0 Å². The molecular weight excluding hydrogens is 222 g/mol. The van der Waals surface area contributed by atoms with Crippen LogP contribution in [0.25, 0.3) is 0 Å². The highest BCUT2D eigenvalue weighted by molar-refractivity contribution is 6.28. The predicted octanol–water partition coefficient (Wildman–Crippen LogP) is 3.66. The molecule has 0 unspecified atom stereocenters. The van der Waals surface area contributed by atoms with Gasteiger partial charge in [-0.15, -0.1) is 10.2 Å². The van der Waals surface area contributed by atoms with Crippen molar-refractivity contribution < 1.29 is 0 Å². The molecular formula is C12H20ClN3. The average Bonchev–Trinajstić information content (AvgIpc) is 2.44. The van der Waals surface area contributed by atoms with Crippen LogP contribution in [0.1, 0.15) is 59.3 Å². The van der Waals surface area contributed by atoms with Crippen LogP contribution in [-0.2, 0) is 0 Å². The first-order chi connectivity index (χ1) is 7.21. The van der Waals surface area contributed by atoms with Gasteiger partial charge in [-0.3, -0.25) is 4.57 Å². The van der Waals surface area contributed by atoms with Crippen molar-refractivity contribution in [3.05, 3.63) is 11.1 Å². The molecule has 0 spiro atoms. The third-order valence-corrected chi connectivity index (χ3v) is 4.66. The van der Waals surface area contributed by atoms with Gasteiger partial charge in [-0.2, -0.15) is 0 Å². The zero-order valence-electron chi connectivity index (χ0n) is 10.9. The SMILES string of the molecule is CC(C)c1nnc(Cl)n1C1C(C)(C)C1(C)C. The molecule has 0 radical (unpaired) electrons. The lowest BCUT2D eigenvalue weighted by Crippen LogP contribution is -2.08. The number of halogens is 1. The normalized spacial score (nSPS) is 22.8. The fraction of sp³-hybridized carbons (Fsp3) is 0.833. The molecule has 4 heteroatoms. The Morgan fingerprint density at radius 3 is 2.00 bits per heavy atom. The van der Waals surface area contributed by atoms with Gasteiger partial charge >= 0.3 is 0 Å². The molecule has 0 bridgehead atoms. The van der Waals surface area contributed by atoms with E-state index < -0.39 is 0 Å². The average molecular weight is 242 g/mol. The van der Waals surface area contributed by atoms with Crippen molar-refractivity contribution in [1.29, 1.82) is 0 Å². The van der Waals surface area contributed by atoms with Crippen molar-refractivity contribution >= 4 is 11.6 Å². The molecule has 90 valence electrons. The summed E-state index contributed by atoms with van der Waals surface area (Å²) in [5, 5.41) is 8.72. The molecule has 0 aromatic carbocycles. The molecule has 0 amide bonds. The summed E-state index contributed by atoms with van der Waals surface area (Å²) in [6.07, 6.45) is 0. The lowest BCUT2D eigenvalue weighted by atomic mass is 10.0. The molecule has 1 aromatic rings. The number of hydrogen-bond acceptors (Lipinski definition) is 2. The molecule has 1 heterocycles. The van der Waals surface area contributed by atoms with Crippen LogP contribution in [0.3, 0.4) is 0 Å². The van der Waals surface area contributed by atoms with Crippen LogP contribution < -0.4 is 0 Å². The van der Waals surface area contributed by atoms with E-state index in [9.17, 15) is 0 Å². The summed E-state index contributed by atoms with van der Waals surface area (Å²) in [6, 6.07) is 0.403. The molecule has 0 aliphatic heterocycles. The van der Waals surface area contributed by atoms with Crippen LogP contribution in [0.15, 0.2) is 0 Å². The third kappa shape index (κ3) is 1.33. The van der Waals surface area contributed by atoms with Crippen LogP contribution in [0, 0.1) is 10.8 Å². The van der Waals surface area contributed by atoms with Crippen LogP contribution in [-0.4, -0.2) is 14.8 Å². The Labute approximate surface area is 102 Å². The number of nitrogens with zero attached hydrogens (tertiary/aromatic N) is 3. The van der Waals surface area contributed by atoms with E-state index in [-0.39, 0.29) is 10.8 Å². The van der Waals surface area contributed by atoms with Crippen molar-refractivity contribution in [1.82, 2.24) is 14.8 Å². The Morgan fingerprint density at radius 2 is 1.62 bits per heavy atom. The maximum atomic E-state index is 6.17. The standard InChI is InChI=1S/C12H20ClN3/c1-7(2)8-14-15-10(13)16(8)9-11(3,4)12(9,5)6/h7,9H,1-6H3. The number of hydrogen-bond donors (Lipinski definition) is 0. The molecule has 1 aromatic heterocycles. The first-order valence-electron chi connectivity index (χ1n) is 5.81. The van der Waals surface area contributed by atoms with Crippen LogP contribution >= 0.6 is 11.6 Å². The van der Waals surface area contributed by atoms with Crippen molar-refractivity contribution in [2.45, 2.75) is 53.5 Å². The lowest BCUT2D eigenvalue weighted by Gasteiger charge is -2.11. The van der Waals surface area contributed by atoms with Crippen molar-refractivity contribution in [2.75, 3.05) is 0 Å². The molecule has 16 heavy (non-hydrogen) atoms. The molecule has 1 aliphatic carbocycles. The Balaban J connectivity index is 2.47. The van der Waals surface area contributed by atoms with E-state index in [0.29, 0.717) is 17.2 Å². The highest BCUT2D eigenvalue weighted by atomic mass is 35.5. The van der Waals surface area contributed by atoms with E-state index in [1.165, 1.54) is 0 Å². The fourth-order valence-corrected chi connectivity index (χ4v) is 2.94. The van der Waals surface area contributed by atoms with Gasteiger partial charge in [-0.05, 0) is 22.4 Å². The monoisotopic (exact) mass is 241 g/mol. The van der Waals surface area contributed by atoms with Gasteiger partial charge in [-0.25, -0.2) is 0 Å². The fourth-order valence-electron chi connectivity index (χ4n) is 2.72. The van der Waals surface area contributed by atoms with Crippen LogP contribution in [0.4, 0.5) is 0 Å². The second-order valence-electron chi connectivity index (χ2n) is 6.20. The van der Waals surface area contributed by atoms with Crippen LogP contribution in [0.5, 0.6) is 0 Å². The zero-order valence-corrected chi connectivity index (χ0v) is 11.6. The molecule has 1 aliphatic rings. The van der Waals surface area contributed by atoms with Gasteiger partial charge in [0.1, 0.15) is 5.82 Å². The minimum Gasteiger partial charge on any atom is -0.297 e. The number of rotatable bonds is 2. The van der Waals surface area contributed by atoms with Gasteiger partial charge in [-0.1, -0.05) is 41.5 Å². The second-order valence-corrected chi connectivity index (χ2v) is 6.54. The summed E-state index contributed by atoms with van der Waals surface area (Å²) < 4.78 is 2.12. The van der Waals surface area contributed by atoms with Gasteiger partial charge in [0.25, 0.3) is 0 Å². The Kier molecular flexibility index (Phi) is 2.40. The highest BCUT2D eigenvalue weighted by Gasteiger charge is 2.66. The topological polar surface area (TPSA) is 30.7 Å². The zero-order chi connectivity index (χ0) is 12.3. The summed E-state index contributed by atoms with van der Waals surface area (Å²) in [6.45, 7) is 13.4. The quantitative estimate of drug-likeness (QED) is 0.791. The minimum atomic E-state index is 0.253. The molecule has 2 rings (SSSR count). The van der Waals surface area contributed by atoms with E-state index in [4.69, 9.17) is 11.6 Å². The van der Waals surface area contributed by atoms with Gasteiger partial charge < -0.3 is 0 Å². The van der Waals surface area contributed by atoms with Gasteiger partial charge in [0.15, 0.2) is 0 Å². The van der Waals surface area contributed by atoms with Crippen LogP contribution in [0.2, 0.25) is 5.28 Å². The first kappa shape index (κ1) is 11.9. The third-order valence-electron chi connectivity index (χ3n) is 4.40. The molecule has 1 saturated carbocycles. The summed E-state index contributed by atoms with van der Waals surface area (Å²) in [4.78, 5) is 0. The largest absolute Gasteiger partial charge is 0.297 e. The Morgan fingerprint density at radius 1 is 1.12 bits per heavy atom. The van der Waals surface area contributed by atoms with Crippen molar-refractivity contribution in [2.24, 2.45) is 10.8 Å². The van der Waals surface area contributed by atoms with E-state index in [0.717, 1.165) is 5.82 Å². The van der Waals surface area contributed by atoms with E-state index in [1.807, 2.05) is 0 Å². The maximum Gasteiger partial charge on any atom is 0.225 e. The van der Waals surface area contributed by atoms with Gasteiger partial charge in [0.05, 0.1) is 0 Å². The first-order valence-corrected chi connectivity index (χ1v) is 6.19. The Hall–Kier alpha value is -0.570. The molecule has 0 N–H and O–H groups in total. The molecule has 0 saturated heterocycles. The Bertz CT molecular complexity index is 404. The molecule has 1 fully saturated rings. The number of aromatic nitrogens is 3. The van der Waals surface area contributed by atoms with Gasteiger partial charge in [0, 0.05) is 12.0 Å².